The molecule has 0 spiro atoms. The normalized spacial score (nSPS) is 12.0. The highest BCUT2D eigenvalue weighted by molar-refractivity contribution is 7.89. The minimum Gasteiger partial charge on any atom is -0.350 e. The lowest BCUT2D eigenvalue weighted by Gasteiger charge is -2.11. The van der Waals surface area contributed by atoms with E-state index in [0.29, 0.717) is 31.4 Å². The van der Waals surface area contributed by atoms with Crippen LogP contribution in [-0.2, 0) is 34.3 Å². The van der Waals surface area contributed by atoms with Crippen molar-refractivity contribution in [2.24, 2.45) is 0 Å². The lowest BCUT2D eigenvalue weighted by atomic mass is 10.2. The summed E-state index contributed by atoms with van der Waals surface area (Å²) in [6.07, 6.45) is 2.39. The van der Waals surface area contributed by atoms with Crippen LogP contribution in [0.2, 0.25) is 0 Å². The number of nitrogens with zero attached hydrogens (tertiary/aromatic N) is 4. The van der Waals surface area contributed by atoms with Crippen molar-refractivity contribution >= 4 is 27.0 Å². The molecule has 2 aromatic heterocycles. The molecule has 0 aliphatic carbocycles. The number of carbonyl (C=O) groups is 1. The number of amides is 1. The van der Waals surface area contributed by atoms with Gasteiger partial charge >= 0.3 is 0 Å². The first kappa shape index (κ1) is 20.0. The zero-order chi connectivity index (χ0) is 20.3. The number of carbonyl (C=O) groups excluding carboxylic acids is 1. The van der Waals surface area contributed by atoms with Crippen molar-refractivity contribution in [3.05, 3.63) is 42.0 Å². The molecule has 0 aliphatic heterocycles. The Morgan fingerprint density at radius 1 is 1.29 bits per heavy atom. The van der Waals surface area contributed by atoms with Crippen molar-refractivity contribution in [3.63, 3.8) is 0 Å². The Morgan fingerprint density at radius 2 is 2.07 bits per heavy atom. The molecule has 2 heterocycles. The average molecular weight is 404 g/mol. The quantitative estimate of drug-likeness (QED) is 0.587. The second kappa shape index (κ2) is 8.11. The summed E-state index contributed by atoms with van der Waals surface area (Å²) in [4.78, 5) is 16.9. The molecule has 0 saturated carbocycles. The number of fused-ring (bicyclic) bond motifs is 1. The number of H-pyrrole nitrogens is 1. The molecule has 0 unspecified atom stereocenters. The predicted octanol–water partition coefficient (Wildman–Crippen LogP) is 1.28. The van der Waals surface area contributed by atoms with E-state index in [-0.39, 0.29) is 10.8 Å². The van der Waals surface area contributed by atoms with Gasteiger partial charge in [0.05, 0.1) is 28.2 Å². The molecule has 0 aliphatic rings. The largest absolute Gasteiger partial charge is 0.350 e. The maximum absolute atomic E-state index is 12.4. The number of hydrogen-bond acceptors (Lipinski definition) is 5. The molecule has 1 aromatic carbocycles. The number of nitrogens with one attached hydrogen (secondary N) is 2. The highest BCUT2D eigenvalue weighted by Gasteiger charge is 2.19. The van der Waals surface area contributed by atoms with Crippen LogP contribution in [0.5, 0.6) is 0 Å². The van der Waals surface area contributed by atoms with Crippen LogP contribution < -0.4 is 5.32 Å². The molecule has 3 rings (SSSR count). The fourth-order valence-corrected chi connectivity index (χ4v) is 3.89. The van der Waals surface area contributed by atoms with Crippen LogP contribution in [0, 0.1) is 0 Å². The smallest absolute Gasteiger partial charge is 0.242 e. The Balaban J connectivity index is 1.76. The zero-order valence-corrected chi connectivity index (χ0v) is 17.0. The van der Waals surface area contributed by atoms with Crippen LogP contribution in [0.25, 0.3) is 11.0 Å². The Morgan fingerprint density at radius 3 is 2.71 bits per heavy atom. The molecule has 0 bridgehead atoms. The zero-order valence-electron chi connectivity index (χ0n) is 16.1. The maximum atomic E-state index is 12.4. The van der Waals surface area contributed by atoms with Crippen molar-refractivity contribution < 1.29 is 13.2 Å². The summed E-state index contributed by atoms with van der Waals surface area (Å²) in [5.74, 6) is 0.675. The van der Waals surface area contributed by atoms with E-state index in [0.717, 1.165) is 17.0 Å². The number of aromatic amines is 1. The van der Waals surface area contributed by atoms with Gasteiger partial charge in [-0.15, -0.1) is 0 Å². The van der Waals surface area contributed by atoms with Gasteiger partial charge in [0.1, 0.15) is 5.82 Å². The third-order valence-electron chi connectivity index (χ3n) is 4.50. The molecule has 3 aromatic rings. The van der Waals surface area contributed by atoms with E-state index in [9.17, 15) is 13.2 Å². The van der Waals surface area contributed by atoms with Crippen molar-refractivity contribution in [2.75, 3.05) is 14.1 Å². The van der Waals surface area contributed by atoms with Gasteiger partial charge in [0, 0.05) is 39.7 Å². The van der Waals surface area contributed by atoms with Gasteiger partial charge in [-0.2, -0.15) is 5.10 Å². The van der Waals surface area contributed by atoms with Gasteiger partial charge in [0.2, 0.25) is 15.9 Å². The van der Waals surface area contributed by atoms with Crippen LogP contribution in [-0.4, -0.2) is 52.5 Å². The molecule has 1 amide bonds. The van der Waals surface area contributed by atoms with Gasteiger partial charge in [-0.3, -0.25) is 9.89 Å². The molecule has 28 heavy (non-hydrogen) atoms. The van der Waals surface area contributed by atoms with Gasteiger partial charge < -0.3 is 9.88 Å². The summed E-state index contributed by atoms with van der Waals surface area (Å²) < 4.78 is 27.9. The van der Waals surface area contributed by atoms with Gasteiger partial charge in [-0.05, 0) is 31.2 Å². The van der Waals surface area contributed by atoms with Gasteiger partial charge in [-0.25, -0.2) is 17.7 Å². The van der Waals surface area contributed by atoms with Crippen molar-refractivity contribution in [3.8, 4) is 0 Å². The Kier molecular flexibility index (Phi) is 5.80. The first-order valence-electron chi connectivity index (χ1n) is 8.99. The average Bonchev–Trinajstić information content (AvgIpc) is 3.30. The molecule has 2 N–H and O–H groups in total. The molecule has 0 saturated heterocycles. The molecule has 150 valence electrons. The summed E-state index contributed by atoms with van der Waals surface area (Å²) in [5, 5.41) is 9.47. The van der Waals surface area contributed by atoms with Gasteiger partial charge in [0.25, 0.3) is 0 Å². The third-order valence-corrected chi connectivity index (χ3v) is 6.31. The van der Waals surface area contributed by atoms with E-state index >= 15 is 0 Å². The van der Waals surface area contributed by atoms with E-state index in [1.165, 1.54) is 18.4 Å². The molecular weight excluding hydrogens is 380 g/mol. The van der Waals surface area contributed by atoms with Crippen LogP contribution in [0.4, 0.5) is 0 Å². The number of imidazole rings is 1. The molecule has 0 fully saturated rings. The molecule has 0 radical (unpaired) electrons. The first-order valence-corrected chi connectivity index (χ1v) is 10.4. The second-order valence-electron chi connectivity index (χ2n) is 6.57. The van der Waals surface area contributed by atoms with Crippen LogP contribution in [0.1, 0.15) is 24.9 Å². The van der Waals surface area contributed by atoms with Crippen LogP contribution in [0.3, 0.4) is 0 Å². The van der Waals surface area contributed by atoms with Gasteiger partial charge in [0.15, 0.2) is 0 Å². The van der Waals surface area contributed by atoms with E-state index in [2.05, 4.69) is 20.5 Å². The van der Waals surface area contributed by atoms with Crippen molar-refractivity contribution in [2.45, 2.75) is 37.8 Å². The minimum atomic E-state index is -3.52. The number of sulfonamides is 1. The Bertz CT molecular complexity index is 1070. The summed E-state index contributed by atoms with van der Waals surface area (Å²) >= 11 is 0. The monoisotopic (exact) mass is 404 g/mol. The summed E-state index contributed by atoms with van der Waals surface area (Å²) in [5.41, 5.74) is 2.30. The molecule has 9 nitrogen and oxygen atoms in total. The topological polar surface area (TPSA) is 113 Å². The highest BCUT2D eigenvalue weighted by atomic mass is 32.2. The lowest BCUT2D eigenvalue weighted by Crippen LogP contribution is -2.23. The van der Waals surface area contributed by atoms with E-state index in [4.69, 9.17) is 0 Å². The van der Waals surface area contributed by atoms with E-state index in [1.807, 2.05) is 11.5 Å². The third kappa shape index (κ3) is 4.07. The number of aryl methyl sites for hydroxylation is 2. The molecule has 0 atom stereocenters. The fraction of sp³-hybridized carbons (Fsp3) is 0.389. The standard InChI is InChI=1S/C18H24N6O3S/c1-4-24-16-6-5-14(28(26,27)23(2)3)11-15(16)21-17(24)7-8-18(25)19-12-13-9-10-20-22-13/h5-6,9-11H,4,7-8,12H2,1-3H3,(H,19,25)(H,20,22). The number of aromatic nitrogens is 4. The molecular formula is C18H24N6O3S. The minimum absolute atomic E-state index is 0.0832. The lowest BCUT2D eigenvalue weighted by molar-refractivity contribution is -0.121. The summed E-state index contributed by atoms with van der Waals surface area (Å²) in [6, 6.07) is 6.74. The Hall–Kier alpha value is -2.72. The number of rotatable bonds is 8. The van der Waals surface area contributed by atoms with E-state index < -0.39 is 10.0 Å². The predicted molar refractivity (Wildman–Crippen MR) is 105 cm³/mol. The van der Waals surface area contributed by atoms with Crippen molar-refractivity contribution in [1.82, 2.24) is 29.4 Å². The summed E-state index contributed by atoms with van der Waals surface area (Å²) in [7, 11) is -0.526. The van der Waals surface area contributed by atoms with Gasteiger partial charge in [-0.1, -0.05) is 0 Å². The Labute approximate surface area is 163 Å². The number of benzene rings is 1. The highest BCUT2D eigenvalue weighted by Crippen LogP contribution is 2.22. The van der Waals surface area contributed by atoms with Crippen molar-refractivity contribution in [1.29, 1.82) is 0 Å². The SMILES string of the molecule is CCn1c(CCC(=O)NCc2ccn[nH]2)nc2cc(S(=O)(=O)N(C)C)ccc21. The fourth-order valence-electron chi connectivity index (χ4n) is 2.97. The second-order valence-corrected chi connectivity index (χ2v) is 8.72. The van der Waals surface area contributed by atoms with Crippen LogP contribution >= 0.6 is 0 Å². The van der Waals surface area contributed by atoms with E-state index in [1.54, 1.807) is 30.5 Å². The molecule has 10 heteroatoms. The first-order chi connectivity index (χ1) is 13.3. The summed E-state index contributed by atoms with van der Waals surface area (Å²) in [6.45, 7) is 3.07. The number of hydrogen-bond donors (Lipinski definition) is 2. The van der Waals surface area contributed by atoms with Crippen LogP contribution in [0.15, 0.2) is 35.4 Å². The maximum Gasteiger partial charge on any atom is 0.242 e.